The summed E-state index contributed by atoms with van der Waals surface area (Å²) in [7, 11) is 0. The van der Waals surface area contributed by atoms with Gasteiger partial charge in [-0.05, 0) is 38.0 Å². The second-order valence-corrected chi connectivity index (χ2v) is 5.32. The Bertz CT molecular complexity index is 684. The fourth-order valence-corrected chi connectivity index (χ4v) is 2.63. The van der Waals surface area contributed by atoms with Gasteiger partial charge in [0.25, 0.3) is 0 Å². The Hall–Kier alpha value is -2.63. The molecule has 2 aromatic rings. The molecular weight excluding hydrogens is 292 g/mol. The molecule has 6 nitrogen and oxygen atoms in total. The summed E-state index contributed by atoms with van der Waals surface area (Å²) >= 11 is 0. The van der Waals surface area contributed by atoms with Gasteiger partial charge in [0.1, 0.15) is 5.82 Å². The molecule has 6 heteroatoms. The summed E-state index contributed by atoms with van der Waals surface area (Å²) in [6, 6.07) is 9.12. The lowest BCUT2D eigenvalue weighted by Crippen LogP contribution is -2.19. The van der Waals surface area contributed by atoms with Gasteiger partial charge < -0.3 is 15.0 Å². The van der Waals surface area contributed by atoms with Gasteiger partial charge in [0.15, 0.2) is 0 Å². The molecule has 1 fully saturated rings. The number of esters is 1. The van der Waals surface area contributed by atoms with E-state index in [0.29, 0.717) is 23.8 Å². The number of aromatic nitrogens is 2. The minimum atomic E-state index is -0.355. The van der Waals surface area contributed by atoms with E-state index in [4.69, 9.17) is 4.74 Å². The van der Waals surface area contributed by atoms with Crippen molar-refractivity contribution in [3.63, 3.8) is 0 Å². The van der Waals surface area contributed by atoms with Crippen LogP contribution in [0, 0.1) is 0 Å². The third-order valence-corrected chi connectivity index (χ3v) is 3.74. The Kier molecular flexibility index (Phi) is 4.71. The van der Waals surface area contributed by atoms with E-state index in [0.717, 1.165) is 18.9 Å². The third-order valence-electron chi connectivity index (χ3n) is 3.74. The smallest absolute Gasteiger partial charge is 0.340 e. The van der Waals surface area contributed by atoms with E-state index in [1.807, 2.05) is 18.2 Å². The Morgan fingerprint density at radius 2 is 2.04 bits per heavy atom. The molecule has 23 heavy (non-hydrogen) atoms. The van der Waals surface area contributed by atoms with Gasteiger partial charge in [-0.15, -0.1) is 0 Å². The Morgan fingerprint density at radius 3 is 2.83 bits per heavy atom. The van der Waals surface area contributed by atoms with Gasteiger partial charge in [0.2, 0.25) is 5.95 Å². The van der Waals surface area contributed by atoms with Gasteiger partial charge in [-0.2, -0.15) is 4.98 Å². The Labute approximate surface area is 135 Å². The molecule has 1 aromatic heterocycles. The van der Waals surface area contributed by atoms with Crippen molar-refractivity contribution in [2.24, 2.45) is 0 Å². The van der Waals surface area contributed by atoms with Gasteiger partial charge in [-0.3, -0.25) is 0 Å². The van der Waals surface area contributed by atoms with Crippen LogP contribution in [0.2, 0.25) is 0 Å². The number of nitrogens with one attached hydrogen (secondary N) is 1. The first kappa shape index (κ1) is 15.3. The molecule has 120 valence electrons. The zero-order chi connectivity index (χ0) is 16.1. The third kappa shape index (κ3) is 3.59. The van der Waals surface area contributed by atoms with Crippen LogP contribution >= 0.6 is 0 Å². The van der Waals surface area contributed by atoms with Crippen molar-refractivity contribution >= 4 is 23.4 Å². The van der Waals surface area contributed by atoms with Crippen molar-refractivity contribution in [1.29, 1.82) is 0 Å². The second kappa shape index (κ2) is 7.09. The molecule has 1 saturated heterocycles. The summed E-state index contributed by atoms with van der Waals surface area (Å²) in [5.74, 6) is 1.03. The average molecular weight is 312 g/mol. The maximum atomic E-state index is 12.0. The summed E-state index contributed by atoms with van der Waals surface area (Å²) < 4.78 is 5.08. The number of para-hydroxylation sites is 1. The van der Waals surface area contributed by atoms with Gasteiger partial charge in [0.05, 0.1) is 17.9 Å². The number of rotatable bonds is 5. The first-order valence-electron chi connectivity index (χ1n) is 7.89. The zero-order valence-corrected chi connectivity index (χ0v) is 13.2. The molecule has 1 N–H and O–H groups in total. The zero-order valence-electron chi connectivity index (χ0n) is 13.2. The highest BCUT2D eigenvalue weighted by atomic mass is 16.5. The van der Waals surface area contributed by atoms with Crippen LogP contribution in [0.1, 0.15) is 30.1 Å². The Balaban J connectivity index is 1.82. The van der Waals surface area contributed by atoms with E-state index in [-0.39, 0.29) is 5.97 Å². The van der Waals surface area contributed by atoms with E-state index in [2.05, 4.69) is 20.2 Å². The number of anilines is 3. The van der Waals surface area contributed by atoms with Crippen LogP contribution in [0.4, 0.5) is 17.5 Å². The van der Waals surface area contributed by atoms with E-state index in [1.54, 1.807) is 25.3 Å². The molecule has 0 amide bonds. The van der Waals surface area contributed by atoms with Crippen molar-refractivity contribution in [3.05, 3.63) is 42.1 Å². The van der Waals surface area contributed by atoms with E-state index in [9.17, 15) is 4.79 Å². The molecule has 0 unspecified atom stereocenters. The van der Waals surface area contributed by atoms with Crippen LogP contribution in [0.3, 0.4) is 0 Å². The average Bonchev–Trinajstić information content (AvgIpc) is 3.10. The number of carbonyl (C=O) groups is 1. The molecule has 1 aliphatic rings. The largest absolute Gasteiger partial charge is 0.462 e. The van der Waals surface area contributed by atoms with Crippen LogP contribution in [-0.4, -0.2) is 35.6 Å². The molecule has 0 radical (unpaired) electrons. The number of hydrogen-bond acceptors (Lipinski definition) is 6. The fourth-order valence-electron chi connectivity index (χ4n) is 2.63. The molecule has 0 atom stereocenters. The summed E-state index contributed by atoms with van der Waals surface area (Å²) in [5.41, 5.74) is 1.12. The van der Waals surface area contributed by atoms with Crippen molar-refractivity contribution in [3.8, 4) is 0 Å². The summed E-state index contributed by atoms with van der Waals surface area (Å²) in [5, 5.41) is 3.13. The molecule has 0 bridgehead atoms. The molecular formula is C17H20N4O2. The normalized spacial score (nSPS) is 13.9. The maximum absolute atomic E-state index is 12.0. The van der Waals surface area contributed by atoms with Crippen LogP contribution < -0.4 is 10.2 Å². The molecule has 0 saturated carbocycles. The van der Waals surface area contributed by atoms with Gasteiger partial charge in [-0.1, -0.05) is 12.1 Å². The van der Waals surface area contributed by atoms with Crippen molar-refractivity contribution < 1.29 is 9.53 Å². The fraction of sp³-hybridized carbons (Fsp3) is 0.353. The van der Waals surface area contributed by atoms with Crippen molar-refractivity contribution in [1.82, 2.24) is 9.97 Å². The van der Waals surface area contributed by atoms with E-state index >= 15 is 0 Å². The second-order valence-electron chi connectivity index (χ2n) is 5.32. The molecule has 0 aliphatic carbocycles. The van der Waals surface area contributed by atoms with Gasteiger partial charge in [-0.25, -0.2) is 9.78 Å². The van der Waals surface area contributed by atoms with Gasteiger partial charge >= 0.3 is 5.97 Å². The minimum Gasteiger partial charge on any atom is -0.462 e. The SMILES string of the molecule is CCOC(=O)c1ccccc1Nc1nccc(N2CCCC2)n1. The van der Waals surface area contributed by atoms with Gasteiger partial charge in [0, 0.05) is 19.3 Å². The number of ether oxygens (including phenoxy) is 1. The summed E-state index contributed by atoms with van der Waals surface area (Å²) in [6.45, 7) is 4.18. The van der Waals surface area contributed by atoms with Crippen LogP contribution in [0.25, 0.3) is 0 Å². The molecule has 2 heterocycles. The first-order chi connectivity index (χ1) is 11.3. The minimum absolute atomic E-state index is 0.341. The summed E-state index contributed by atoms with van der Waals surface area (Å²) in [6.07, 6.45) is 4.12. The lowest BCUT2D eigenvalue weighted by Gasteiger charge is -2.17. The Morgan fingerprint density at radius 1 is 1.26 bits per heavy atom. The van der Waals surface area contributed by atoms with E-state index in [1.165, 1.54) is 12.8 Å². The lowest BCUT2D eigenvalue weighted by molar-refractivity contribution is 0.0527. The molecule has 0 spiro atoms. The van der Waals surface area contributed by atoms with Crippen molar-refractivity contribution in [2.75, 3.05) is 29.9 Å². The number of benzene rings is 1. The number of nitrogens with zero attached hydrogens (tertiary/aromatic N) is 3. The summed E-state index contributed by atoms with van der Waals surface area (Å²) in [4.78, 5) is 23.1. The highest BCUT2D eigenvalue weighted by molar-refractivity contribution is 5.96. The quantitative estimate of drug-likeness (QED) is 0.856. The highest BCUT2D eigenvalue weighted by Crippen LogP contribution is 2.22. The monoisotopic (exact) mass is 312 g/mol. The highest BCUT2D eigenvalue weighted by Gasteiger charge is 2.16. The topological polar surface area (TPSA) is 67.3 Å². The predicted octanol–water partition coefficient (Wildman–Crippen LogP) is 3.00. The standard InChI is InChI=1S/C17H20N4O2/c1-2-23-16(22)13-7-3-4-8-14(13)19-17-18-10-9-15(20-17)21-11-5-6-12-21/h3-4,7-10H,2,5-6,11-12H2,1H3,(H,18,19,20). The van der Waals surface area contributed by atoms with Crippen LogP contribution in [0.15, 0.2) is 36.5 Å². The van der Waals surface area contributed by atoms with E-state index < -0.39 is 0 Å². The first-order valence-corrected chi connectivity index (χ1v) is 7.89. The van der Waals surface area contributed by atoms with Crippen LogP contribution in [0.5, 0.6) is 0 Å². The maximum Gasteiger partial charge on any atom is 0.340 e. The molecule has 1 aliphatic heterocycles. The number of hydrogen-bond donors (Lipinski definition) is 1. The number of carbonyl (C=O) groups excluding carboxylic acids is 1. The predicted molar refractivity (Wildman–Crippen MR) is 89.2 cm³/mol. The van der Waals surface area contributed by atoms with Crippen molar-refractivity contribution in [2.45, 2.75) is 19.8 Å². The van der Waals surface area contributed by atoms with Crippen LogP contribution in [-0.2, 0) is 4.74 Å². The molecule has 3 rings (SSSR count). The lowest BCUT2D eigenvalue weighted by atomic mass is 10.2. The molecule has 1 aromatic carbocycles.